The van der Waals surface area contributed by atoms with E-state index >= 15 is 0 Å². The normalized spacial score (nSPS) is 11.3. The minimum atomic E-state index is -4.52. The summed E-state index contributed by atoms with van der Waals surface area (Å²) in [5, 5.41) is 1.65. The van der Waals surface area contributed by atoms with Crippen molar-refractivity contribution in [1.82, 2.24) is 9.88 Å². The van der Waals surface area contributed by atoms with Crippen LogP contribution in [0.25, 0.3) is 5.69 Å². The summed E-state index contributed by atoms with van der Waals surface area (Å²) in [6, 6.07) is 9.32. The number of hydrogen-bond donors (Lipinski definition) is 1. The molecule has 140 valence electrons. The summed E-state index contributed by atoms with van der Waals surface area (Å²) in [6.45, 7) is 3.26. The average molecular weight is 368 g/mol. The first-order valence-corrected chi connectivity index (χ1v) is 7.85. The van der Waals surface area contributed by atoms with E-state index in [-0.39, 0.29) is 5.56 Å². The second kappa shape index (κ2) is 7.63. The number of amides is 1. The monoisotopic (exact) mass is 368 g/mol. The van der Waals surface area contributed by atoms with Crippen molar-refractivity contribution in [3.05, 3.63) is 52.8 Å². The van der Waals surface area contributed by atoms with Gasteiger partial charge in [0.1, 0.15) is 6.54 Å². The van der Waals surface area contributed by atoms with E-state index < -0.39 is 31.2 Å². The van der Waals surface area contributed by atoms with Crippen LogP contribution in [0.2, 0.25) is 0 Å². The molecule has 8 heteroatoms. The van der Waals surface area contributed by atoms with Crippen LogP contribution in [0.15, 0.2) is 30.3 Å². The maximum Gasteiger partial charge on any atom is 0.405 e. The highest BCUT2D eigenvalue weighted by molar-refractivity contribution is 5.93. The Morgan fingerprint density at radius 2 is 1.85 bits per heavy atom. The van der Waals surface area contributed by atoms with Crippen LogP contribution in [0.4, 0.5) is 13.2 Å². The fourth-order valence-corrected chi connectivity index (χ4v) is 2.59. The first-order chi connectivity index (χ1) is 12.1. The Hall–Kier alpha value is -2.77. The Morgan fingerprint density at radius 3 is 2.46 bits per heavy atom. The Kier molecular flexibility index (Phi) is 5.74. The van der Waals surface area contributed by atoms with Gasteiger partial charge in [-0.25, -0.2) is 4.79 Å². The minimum Gasteiger partial charge on any atom is -0.452 e. The lowest BCUT2D eigenvalue weighted by atomic mass is 10.2. The molecular weight excluding hydrogens is 349 g/mol. The lowest BCUT2D eigenvalue weighted by molar-refractivity contribution is -0.140. The molecule has 0 unspecified atom stereocenters. The molecule has 0 radical (unpaired) electrons. The summed E-state index contributed by atoms with van der Waals surface area (Å²) < 4.78 is 42.8. The van der Waals surface area contributed by atoms with Gasteiger partial charge in [0.2, 0.25) is 0 Å². The molecule has 2 aromatic rings. The van der Waals surface area contributed by atoms with Gasteiger partial charge in [-0.1, -0.05) is 12.1 Å². The molecule has 2 rings (SSSR count). The van der Waals surface area contributed by atoms with E-state index in [0.717, 1.165) is 16.9 Å². The van der Waals surface area contributed by atoms with Crippen molar-refractivity contribution < 1.29 is 27.5 Å². The number of carbonyl (C=O) groups excluding carboxylic acids is 2. The molecule has 0 aliphatic heterocycles. The number of hydrogen-bond acceptors (Lipinski definition) is 3. The maximum absolute atomic E-state index is 12.2. The predicted octanol–water partition coefficient (Wildman–Crippen LogP) is 3.24. The van der Waals surface area contributed by atoms with Gasteiger partial charge in [-0.2, -0.15) is 13.2 Å². The Morgan fingerprint density at radius 1 is 1.15 bits per heavy atom. The van der Waals surface area contributed by atoms with Gasteiger partial charge >= 0.3 is 12.1 Å². The van der Waals surface area contributed by atoms with E-state index in [1.54, 1.807) is 18.3 Å². The molecule has 1 amide bonds. The van der Waals surface area contributed by atoms with E-state index in [1.165, 1.54) is 0 Å². The van der Waals surface area contributed by atoms with Crippen LogP contribution in [0.1, 0.15) is 27.3 Å². The van der Waals surface area contributed by atoms with Crippen LogP contribution in [0.5, 0.6) is 0 Å². The quantitative estimate of drug-likeness (QED) is 0.825. The second-order valence-electron chi connectivity index (χ2n) is 5.93. The van der Waals surface area contributed by atoms with Gasteiger partial charge in [0.05, 0.1) is 5.56 Å². The third-order valence-corrected chi connectivity index (χ3v) is 3.73. The van der Waals surface area contributed by atoms with Crippen molar-refractivity contribution in [2.24, 2.45) is 0 Å². The third-order valence-electron chi connectivity index (χ3n) is 3.73. The predicted molar refractivity (Wildman–Crippen MR) is 89.3 cm³/mol. The Labute approximate surface area is 148 Å². The highest BCUT2D eigenvalue weighted by atomic mass is 19.4. The highest BCUT2D eigenvalue weighted by Crippen LogP contribution is 2.22. The molecule has 0 spiro atoms. The van der Waals surface area contributed by atoms with E-state index in [1.807, 2.05) is 42.7 Å². The molecule has 0 bridgehead atoms. The molecular formula is C18H19F3N2O3. The number of benzene rings is 1. The minimum absolute atomic E-state index is 0.257. The van der Waals surface area contributed by atoms with Crippen LogP contribution in [-0.4, -0.2) is 35.8 Å². The smallest absolute Gasteiger partial charge is 0.405 e. The zero-order valence-electron chi connectivity index (χ0n) is 14.6. The van der Waals surface area contributed by atoms with E-state index in [2.05, 4.69) is 0 Å². The number of nitrogens with one attached hydrogen (secondary N) is 1. The average Bonchev–Trinajstić information content (AvgIpc) is 2.84. The third kappa shape index (κ3) is 4.87. The number of esters is 1. The van der Waals surface area contributed by atoms with Gasteiger partial charge < -0.3 is 14.6 Å². The lowest BCUT2D eigenvalue weighted by Crippen LogP contribution is -2.36. The summed E-state index contributed by atoms with van der Waals surface area (Å²) in [7, 11) is 0. The molecule has 0 saturated heterocycles. The topological polar surface area (TPSA) is 60.3 Å². The summed E-state index contributed by atoms with van der Waals surface area (Å²) in [6.07, 6.45) is -4.52. The highest BCUT2D eigenvalue weighted by Gasteiger charge is 2.28. The van der Waals surface area contributed by atoms with Gasteiger partial charge in [-0.15, -0.1) is 0 Å². The SMILES string of the molecule is Cc1cccc(-n2c(C)cc(C(=O)OCC(=O)NCC(F)(F)F)c2C)c1. The number of ether oxygens (including phenoxy) is 1. The molecule has 5 nitrogen and oxygen atoms in total. The van der Waals surface area contributed by atoms with Crippen molar-refractivity contribution in [2.75, 3.05) is 13.2 Å². The Bertz CT molecular complexity index is 826. The van der Waals surface area contributed by atoms with Gasteiger partial charge in [0, 0.05) is 17.1 Å². The van der Waals surface area contributed by atoms with Crippen molar-refractivity contribution in [3.8, 4) is 5.69 Å². The van der Waals surface area contributed by atoms with Crippen molar-refractivity contribution in [2.45, 2.75) is 26.9 Å². The van der Waals surface area contributed by atoms with E-state index in [0.29, 0.717) is 5.69 Å². The van der Waals surface area contributed by atoms with Gasteiger partial charge in [-0.05, 0) is 44.5 Å². The van der Waals surface area contributed by atoms with Crippen molar-refractivity contribution in [1.29, 1.82) is 0 Å². The molecule has 26 heavy (non-hydrogen) atoms. The molecule has 1 N–H and O–H groups in total. The number of rotatable bonds is 5. The van der Waals surface area contributed by atoms with Crippen LogP contribution in [-0.2, 0) is 9.53 Å². The van der Waals surface area contributed by atoms with Crippen molar-refractivity contribution in [3.63, 3.8) is 0 Å². The van der Waals surface area contributed by atoms with Gasteiger partial charge in [0.25, 0.3) is 5.91 Å². The van der Waals surface area contributed by atoms with Crippen LogP contribution >= 0.6 is 0 Å². The first-order valence-electron chi connectivity index (χ1n) is 7.85. The van der Waals surface area contributed by atoms with E-state index in [4.69, 9.17) is 4.74 Å². The largest absolute Gasteiger partial charge is 0.452 e. The fraction of sp³-hybridized carbons (Fsp3) is 0.333. The number of halogens is 3. The van der Waals surface area contributed by atoms with Crippen LogP contribution < -0.4 is 5.32 Å². The second-order valence-corrected chi connectivity index (χ2v) is 5.93. The molecule has 1 aromatic carbocycles. The summed E-state index contributed by atoms with van der Waals surface area (Å²) in [5.74, 6) is -1.78. The maximum atomic E-state index is 12.2. The lowest BCUT2D eigenvalue weighted by Gasteiger charge is -2.11. The standard InChI is InChI=1S/C18H19F3N2O3/c1-11-5-4-6-14(7-11)23-12(2)8-15(13(23)3)17(25)26-9-16(24)22-10-18(19,20)21/h4-8H,9-10H2,1-3H3,(H,22,24). The van der Waals surface area contributed by atoms with Gasteiger partial charge in [-0.3, -0.25) is 4.79 Å². The van der Waals surface area contributed by atoms with Crippen molar-refractivity contribution >= 4 is 11.9 Å². The number of carbonyl (C=O) groups is 2. The molecule has 0 atom stereocenters. The first kappa shape index (κ1) is 19.6. The number of aryl methyl sites for hydroxylation is 2. The molecule has 0 saturated carbocycles. The molecule has 1 heterocycles. The number of nitrogens with zero attached hydrogens (tertiary/aromatic N) is 1. The molecule has 0 aliphatic rings. The number of aromatic nitrogens is 1. The summed E-state index contributed by atoms with van der Waals surface area (Å²) >= 11 is 0. The zero-order chi connectivity index (χ0) is 19.5. The van der Waals surface area contributed by atoms with E-state index in [9.17, 15) is 22.8 Å². The van der Waals surface area contributed by atoms with Crippen LogP contribution in [0, 0.1) is 20.8 Å². The Balaban J connectivity index is 2.09. The van der Waals surface area contributed by atoms with Gasteiger partial charge in [0.15, 0.2) is 6.61 Å². The fourth-order valence-electron chi connectivity index (χ4n) is 2.59. The molecule has 0 fully saturated rings. The zero-order valence-corrected chi connectivity index (χ0v) is 14.6. The summed E-state index contributed by atoms with van der Waals surface area (Å²) in [4.78, 5) is 23.5. The summed E-state index contributed by atoms with van der Waals surface area (Å²) in [5.41, 5.74) is 3.60. The molecule has 0 aliphatic carbocycles. The number of alkyl halides is 3. The molecule has 1 aromatic heterocycles. The van der Waals surface area contributed by atoms with Crippen LogP contribution in [0.3, 0.4) is 0 Å².